The van der Waals surface area contributed by atoms with Gasteiger partial charge in [0.05, 0.1) is 10.2 Å². The first kappa shape index (κ1) is 36.1. The fourth-order valence-electron chi connectivity index (χ4n) is 0. The standard InChI is InChI=1S/2NO3.2H3N.H2O4S.Sr/c2*2-1(3)4;;;1-5(2,3)4;/h;;2*1H3;(H2,1,2,3,4);/q2*-1;;;;+2. The van der Waals surface area contributed by atoms with Crippen LogP contribution in [0.15, 0.2) is 0 Å². The minimum Gasteiger partial charge on any atom is -0.356 e. The van der Waals surface area contributed by atoms with Crippen LogP contribution in [0.25, 0.3) is 0 Å². The Morgan fingerprint density at radius 1 is 0.812 bits per heavy atom. The summed E-state index contributed by atoms with van der Waals surface area (Å²) in [5, 5.41) is 29.5. The zero-order valence-electron chi connectivity index (χ0n) is 7.58. The van der Waals surface area contributed by atoms with Crippen molar-refractivity contribution < 1.29 is 27.7 Å². The summed E-state index contributed by atoms with van der Waals surface area (Å²) in [5.41, 5.74) is 0. The first-order valence-corrected chi connectivity index (χ1v) is 3.19. The Hall–Kier alpha value is -0.329. The second-order valence-corrected chi connectivity index (χ2v) is 1.79. The third-order valence-electron chi connectivity index (χ3n) is 0. The van der Waals surface area contributed by atoms with E-state index in [1.165, 1.54) is 0 Å². The van der Waals surface area contributed by atoms with Gasteiger partial charge in [-0.25, -0.2) is 0 Å². The minimum atomic E-state index is -4.67. The van der Waals surface area contributed by atoms with E-state index in [2.05, 4.69) is 0 Å². The van der Waals surface area contributed by atoms with Crippen molar-refractivity contribution in [1.29, 1.82) is 0 Å². The quantitative estimate of drug-likeness (QED) is 0.175. The molecule has 0 rings (SSSR count). The predicted molar refractivity (Wildman–Crippen MR) is 50.7 cm³/mol. The molecule has 16 heavy (non-hydrogen) atoms. The summed E-state index contributed by atoms with van der Waals surface area (Å²) < 4.78 is 31.6. The van der Waals surface area contributed by atoms with Gasteiger partial charge in [-0.3, -0.25) is 9.11 Å². The summed E-state index contributed by atoms with van der Waals surface area (Å²) in [6, 6.07) is 0. The Kier molecular flexibility index (Phi) is 45.4. The van der Waals surface area contributed by atoms with E-state index in [1.54, 1.807) is 0 Å². The summed E-state index contributed by atoms with van der Waals surface area (Å²) in [4.78, 5) is 16.5. The van der Waals surface area contributed by atoms with Gasteiger partial charge in [-0.15, -0.1) is 0 Å². The molecule has 0 aliphatic heterocycles. The van der Waals surface area contributed by atoms with Crippen molar-refractivity contribution in [2.45, 2.75) is 0 Å². The van der Waals surface area contributed by atoms with Crippen LogP contribution in [-0.4, -0.2) is 73.2 Å². The molecule has 0 bridgehead atoms. The summed E-state index contributed by atoms with van der Waals surface area (Å²) in [7, 11) is -4.67. The molecule has 0 aliphatic carbocycles. The second-order valence-electron chi connectivity index (χ2n) is 0.895. The van der Waals surface area contributed by atoms with Crippen LogP contribution in [0, 0.1) is 30.6 Å². The van der Waals surface area contributed by atoms with Crippen molar-refractivity contribution >= 4 is 55.9 Å². The molecule has 0 heterocycles. The van der Waals surface area contributed by atoms with Crippen molar-refractivity contribution in [3.63, 3.8) is 0 Å². The molecule has 0 amide bonds. The molecule has 0 saturated heterocycles. The molecule has 0 aromatic rings. The largest absolute Gasteiger partial charge is 2.00 e. The average Bonchev–Trinajstić information content (AvgIpc) is 1.50. The van der Waals surface area contributed by atoms with Crippen LogP contribution < -0.4 is 12.3 Å². The predicted octanol–water partition coefficient (Wildman–Crippen LogP) is -1.19. The molecule has 0 saturated carbocycles. The number of hydrogen-bond acceptors (Lipinski definition) is 10. The molecule has 0 spiro atoms. The Labute approximate surface area is 125 Å². The van der Waals surface area contributed by atoms with Crippen LogP contribution in [0.2, 0.25) is 0 Å². The molecule has 96 valence electrons. The van der Waals surface area contributed by atoms with Crippen molar-refractivity contribution in [1.82, 2.24) is 12.3 Å². The smallest absolute Gasteiger partial charge is 0.356 e. The third kappa shape index (κ3) is 20200. The van der Waals surface area contributed by atoms with Gasteiger partial charge in [0.15, 0.2) is 0 Å². The van der Waals surface area contributed by atoms with Gasteiger partial charge >= 0.3 is 55.9 Å². The van der Waals surface area contributed by atoms with Gasteiger partial charge in [0.25, 0.3) is 0 Å². The number of nitrogens with zero attached hydrogens (tertiary/aromatic N) is 2. The molecule has 0 atom stereocenters. The van der Waals surface area contributed by atoms with Crippen LogP contribution >= 0.6 is 0 Å². The average molecular weight is 344 g/mol. The first-order valence-electron chi connectivity index (χ1n) is 1.79. The van der Waals surface area contributed by atoms with Crippen LogP contribution in [0.4, 0.5) is 0 Å². The van der Waals surface area contributed by atoms with Gasteiger partial charge in [-0.05, 0) is 0 Å². The molecule has 8 N–H and O–H groups in total. The maximum Gasteiger partial charge on any atom is 2.00 e. The molecule has 0 unspecified atom stereocenters. The molecule has 0 radical (unpaired) electrons. The van der Waals surface area contributed by atoms with Gasteiger partial charge in [-0.2, -0.15) is 8.42 Å². The molecule has 0 aromatic carbocycles. The molecule has 0 fully saturated rings. The SMILES string of the molecule is N.N.O=S(=O)(O)O.O=[N+]([O-])[O-].O=[N+]([O-])[O-].[Sr+2]. The topological polar surface area (TPSA) is 277 Å². The van der Waals surface area contributed by atoms with E-state index in [1.807, 2.05) is 0 Å². The molecular weight excluding hydrogens is 336 g/mol. The van der Waals surface area contributed by atoms with E-state index in [0.29, 0.717) is 0 Å². The third-order valence-corrected chi connectivity index (χ3v) is 0. The molecule has 0 aliphatic rings. The van der Waals surface area contributed by atoms with Crippen LogP contribution in [0.1, 0.15) is 0 Å². The summed E-state index contributed by atoms with van der Waals surface area (Å²) in [6.45, 7) is 0. The fraction of sp³-hybridized carbons (Fsp3) is 0. The van der Waals surface area contributed by atoms with Crippen LogP contribution in [-0.2, 0) is 10.4 Å². The number of rotatable bonds is 0. The summed E-state index contributed by atoms with van der Waals surface area (Å²) in [5.74, 6) is 0. The summed E-state index contributed by atoms with van der Waals surface area (Å²) >= 11 is 0. The van der Waals surface area contributed by atoms with Gasteiger partial charge in [0.2, 0.25) is 0 Å². The molecule has 0 aromatic heterocycles. The van der Waals surface area contributed by atoms with E-state index in [9.17, 15) is 0 Å². The first-order chi connectivity index (χ1) is 5.46. The Morgan fingerprint density at radius 2 is 0.812 bits per heavy atom. The van der Waals surface area contributed by atoms with Crippen molar-refractivity contribution in [2.75, 3.05) is 0 Å². The summed E-state index contributed by atoms with van der Waals surface area (Å²) in [6.07, 6.45) is 0. The van der Waals surface area contributed by atoms with E-state index in [-0.39, 0.29) is 57.8 Å². The van der Waals surface area contributed by atoms with E-state index in [0.717, 1.165) is 0 Å². The Balaban J connectivity index is -0.0000000216. The van der Waals surface area contributed by atoms with E-state index in [4.69, 9.17) is 48.2 Å². The Morgan fingerprint density at radius 3 is 0.812 bits per heavy atom. The van der Waals surface area contributed by atoms with E-state index < -0.39 is 20.6 Å². The number of hydrogen-bond donors (Lipinski definition) is 4. The van der Waals surface area contributed by atoms with E-state index >= 15 is 0 Å². The minimum absolute atomic E-state index is 0. The normalized spacial score (nSPS) is 6.62. The van der Waals surface area contributed by atoms with Gasteiger partial charge in [-0.1, -0.05) is 0 Å². The zero-order chi connectivity index (χ0) is 11.7. The van der Waals surface area contributed by atoms with Crippen molar-refractivity contribution in [3.05, 3.63) is 30.6 Å². The van der Waals surface area contributed by atoms with Gasteiger partial charge in [0.1, 0.15) is 0 Å². The monoisotopic (exact) mass is 344 g/mol. The maximum absolute atomic E-state index is 8.74. The van der Waals surface area contributed by atoms with Gasteiger partial charge < -0.3 is 42.9 Å². The van der Waals surface area contributed by atoms with Crippen molar-refractivity contribution in [3.8, 4) is 0 Å². The van der Waals surface area contributed by atoms with Crippen molar-refractivity contribution in [2.24, 2.45) is 0 Å². The van der Waals surface area contributed by atoms with Gasteiger partial charge in [0, 0.05) is 0 Å². The molecular formula is H8N4O10SSr. The molecule has 16 heteroatoms. The second kappa shape index (κ2) is 20.1. The maximum atomic E-state index is 8.74. The van der Waals surface area contributed by atoms with Crippen LogP contribution in [0.5, 0.6) is 0 Å². The fourth-order valence-corrected chi connectivity index (χ4v) is 0. The van der Waals surface area contributed by atoms with Crippen LogP contribution in [0.3, 0.4) is 0 Å². The zero-order valence-corrected chi connectivity index (χ0v) is 11.9. The Bertz CT molecular complexity index is 218. The molecule has 14 nitrogen and oxygen atoms in total.